The second-order valence-corrected chi connectivity index (χ2v) is 8.13. The van der Waals surface area contributed by atoms with Crippen LogP contribution in [0.1, 0.15) is 21.7 Å². The van der Waals surface area contributed by atoms with Gasteiger partial charge in [0.15, 0.2) is 5.76 Å². The number of rotatable bonds is 4. The van der Waals surface area contributed by atoms with Crippen molar-refractivity contribution in [2.45, 2.75) is 6.54 Å². The molecule has 1 aliphatic heterocycles. The van der Waals surface area contributed by atoms with Gasteiger partial charge in [-0.1, -0.05) is 30.3 Å². The summed E-state index contributed by atoms with van der Waals surface area (Å²) in [5.41, 5.74) is 1.71. The third-order valence-electron chi connectivity index (χ3n) is 6.13. The van der Waals surface area contributed by atoms with Crippen molar-refractivity contribution in [3.63, 3.8) is 0 Å². The number of fused-ring (bicyclic) bond motifs is 1. The fraction of sp³-hybridized carbons (Fsp3) is 0.222. The average Bonchev–Trinajstić information content (AvgIpc) is 3.47. The van der Waals surface area contributed by atoms with Crippen LogP contribution in [-0.2, 0) is 6.54 Å². The van der Waals surface area contributed by atoms with Crippen molar-refractivity contribution in [1.82, 2.24) is 15.6 Å². The molecule has 8 nitrogen and oxygen atoms in total. The van der Waals surface area contributed by atoms with Crippen LogP contribution in [0.4, 0.5) is 10.1 Å². The minimum Gasteiger partial charge on any atom is -0.459 e. The van der Waals surface area contributed by atoms with Crippen LogP contribution in [0.15, 0.2) is 76.1 Å². The van der Waals surface area contributed by atoms with Gasteiger partial charge >= 0.3 is 0 Å². The predicted molar refractivity (Wildman–Crippen MR) is 142 cm³/mol. The average molecular weight is 524 g/mol. The highest BCUT2D eigenvalue weighted by Crippen LogP contribution is 2.30. The van der Waals surface area contributed by atoms with Gasteiger partial charge in [-0.25, -0.2) is 4.39 Å². The number of hydrogen-bond acceptors (Lipinski definition) is 6. The lowest BCUT2D eigenvalue weighted by atomic mass is 10.1. The van der Waals surface area contributed by atoms with Gasteiger partial charge in [-0.3, -0.25) is 9.59 Å². The first-order valence-corrected chi connectivity index (χ1v) is 12.1. The Hall–Kier alpha value is -4.13. The Morgan fingerprint density at radius 1 is 1.03 bits per heavy atom. The minimum atomic E-state index is -0.394. The zero-order chi connectivity index (χ0) is 25.7. The van der Waals surface area contributed by atoms with Gasteiger partial charge in [-0.05, 0) is 35.9 Å². The molecule has 2 aromatic carbocycles. The van der Waals surface area contributed by atoms with Crippen molar-refractivity contribution in [3.8, 4) is 6.07 Å². The maximum atomic E-state index is 13.4. The van der Waals surface area contributed by atoms with Gasteiger partial charge in [0, 0.05) is 37.9 Å². The molecular weight excluding hydrogens is 497 g/mol. The first kappa shape index (κ1) is 27.5. The topological polar surface area (TPSA) is 117 Å². The first-order valence-electron chi connectivity index (χ1n) is 11.3. The van der Waals surface area contributed by atoms with Crippen LogP contribution >= 0.6 is 11.6 Å². The molecule has 1 amide bonds. The van der Waals surface area contributed by atoms with E-state index < -0.39 is 5.56 Å². The van der Waals surface area contributed by atoms with E-state index in [1.54, 1.807) is 33.7 Å². The van der Waals surface area contributed by atoms with Crippen molar-refractivity contribution in [1.29, 1.82) is 5.26 Å². The number of hydrogen-bond donors (Lipinski definition) is 1. The number of alkyl halides is 1. The molecular formula is C27H27ClFN5O3. The third kappa shape index (κ3) is 5.50. The first-order chi connectivity index (χ1) is 17.6. The number of pyridine rings is 1. The molecule has 3 heterocycles. The molecule has 1 aliphatic rings. The molecule has 1 fully saturated rings. The summed E-state index contributed by atoms with van der Waals surface area (Å²) in [5.74, 6) is -0.233. The SMILES string of the molecule is CCl.N.N#Cc1c(N2CCN(C(=O)c3ccco3)CC2)c2ccccc2n(Cc2ccc(F)cc2)c1=O. The molecule has 4 aromatic rings. The molecule has 0 unspecified atom stereocenters. The quantitative estimate of drug-likeness (QED) is 0.389. The van der Waals surface area contributed by atoms with Crippen LogP contribution in [0.3, 0.4) is 0 Å². The Bertz CT molecular complexity index is 1450. The molecule has 0 radical (unpaired) electrons. The number of piperazine rings is 1. The molecule has 3 N–H and O–H groups in total. The normalized spacial score (nSPS) is 12.8. The van der Waals surface area contributed by atoms with E-state index in [0.717, 1.165) is 10.9 Å². The van der Waals surface area contributed by atoms with Crippen LogP contribution in [0.2, 0.25) is 0 Å². The standard InChI is InChI=1S/C26H21FN4O3.CH3Cl.H3N/c27-19-9-7-18(8-10-19)17-31-22-5-2-1-4-20(22)24(21(16-28)25(31)32)29-11-13-30(14-12-29)26(33)23-6-3-15-34-23;1-2;/h1-10,15H,11-14,17H2;1H3;1H3. The zero-order valence-electron chi connectivity index (χ0n) is 20.4. The smallest absolute Gasteiger partial charge is 0.289 e. The number of amides is 1. The summed E-state index contributed by atoms with van der Waals surface area (Å²) in [6, 6.07) is 18.9. The molecule has 0 saturated carbocycles. The third-order valence-corrected chi connectivity index (χ3v) is 6.13. The highest BCUT2D eigenvalue weighted by atomic mass is 35.5. The Morgan fingerprint density at radius 3 is 2.32 bits per heavy atom. The van der Waals surface area contributed by atoms with E-state index in [-0.39, 0.29) is 30.0 Å². The highest BCUT2D eigenvalue weighted by molar-refractivity contribution is 6.15. The number of benzene rings is 2. The lowest BCUT2D eigenvalue weighted by Gasteiger charge is -2.36. The van der Waals surface area contributed by atoms with Crippen molar-refractivity contribution >= 4 is 34.1 Å². The van der Waals surface area contributed by atoms with E-state index in [1.807, 2.05) is 29.2 Å². The van der Waals surface area contributed by atoms with Crippen molar-refractivity contribution in [2.24, 2.45) is 0 Å². The Balaban J connectivity index is 0.00000124. The van der Waals surface area contributed by atoms with E-state index in [0.29, 0.717) is 43.1 Å². The molecule has 0 spiro atoms. The fourth-order valence-electron chi connectivity index (χ4n) is 4.44. The minimum absolute atomic E-state index is 0. The van der Waals surface area contributed by atoms with Crippen molar-refractivity contribution < 1.29 is 13.6 Å². The van der Waals surface area contributed by atoms with E-state index >= 15 is 0 Å². The van der Waals surface area contributed by atoms with Gasteiger partial charge in [-0.15, -0.1) is 11.6 Å². The number of halogens is 2. The molecule has 1 saturated heterocycles. The molecule has 192 valence electrons. The zero-order valence-corrected chi connectivity index (χ0v) is 21.1. The van der Waals surface area contributed by atoms with E-state index in [4.69, 9.17) is 4.42 Å². The monoisotopic (exact) mass is 523 g/mol. The summed E-state index contributed by atoms with van der Waals surface area (Å²) in [6.45, 7) is 2.06. The molecule has 0 bridgehead atoms. The summed E-state index contributed by atoms with van der Waals surface area (Å²) < 4.78 is 20.1. The van der Waals surface area contributed by atoms with Crippen LogP contribution < -0.4 is 16.6 Å². The van der Waals surface area contributed by atoms with Gasteiger partial charge in [0.2, 0.25) is 0 Å². The maximum absolute atomic E-state index is 13.4. The van der Waals surface area contributed by atoms with E-state index in [1.165, 1.54) is 24.8 Å². The lowest BCUT2D eigenvalue weighted by molar-refractivity contribution is 0.0715. The van der Waals surface area contributed by atoms with Crippen LogP contribution in [0, 0.1) is 17.1 Å². The number of anilines is 1. The number of para-hydroxylation sites is 1. The summed E-state index contributed by atoms with van der Waals surface area (Å²) >= 11 is 4.64. The fourth-order valence-corrected chi connectivity index (χ4v) is 4.44. The summed E-state index contributed by atoms with van der Waals surface area (Å²) in [5, 5.41) is 10.7. The highest BCUT2D eigenvalue weighted by Gasteiger charge is 2.27. The molecule has 10 heteroatoms. The van der Waals surface area contributed by atoms with E-state index in [2.05, 4.69) is 17.7 Å². The second kappa shape index (κ2) is 12.2. The molecule has 37 heavy (non-hydrogen) atoms. The Morgan fingerprint density at radius 2 is 1.70 bits per heavy atom. The van der Waals surface area contributed by atoms with Crippen LogP contribution in [0.25, 0.3) is 10.9 Å². The maximum Gasteiger partial charge on any atom is 0.289 e. The molecule has 5 rings (SSSR count). The summed E-state index contributed by atoms with van der Waals surface area (Å²) in [7, 11) is 0. The number of carbonyl (C=O) groups excluding carboxylic acids is 1. The molecule has 0 atom stereocenters. The second-order valence-electron chi connectivity index (χ2n) is 8.13. The number of furan rings is 1. The Labute approximate surface area is 218 Å². The largest absolute Gasteiger partial charge is 0.459 e. The number of nitriles is 1. The molecule has 2 aromatic heterocycles. The van der Waals surface area contributed by atoms with Crippen molar-refractivity contribution in [3.05, 3.63) is 100.0 Å². The van der Waals surface area contributed by atoms with Gasteiger partial charge < -0.3 is 24.9 Å². The van der Waals surface area contributed by atoms with Gasteiger partial charge in [-0.2, -0.15) is 5.26 Å². The predicted octanol–water partition coefficient (Wildman–Crippen LogP) is 4.63. The van der Waals surface area contributed by atoms with Crippen LogP contribution in [0.5, 0.6) is 0 Å². The molecule has 0 aliphatic carbocycles. The summed E-state index contributed by atoms with van der Waals surface area (Å²) in [6.07, 6.45) is 2.94. The number of aromatic nitrogens is 1. The van der Waals surface area contributed by atoms with Gasteiger partial charge in [0.25, 0.3) is 11.5 Å². The van der Waals surface area contributed by atoms with Gasteiger partial charge in [0.05, 0.1) is 24.0 Å². The van der Waals surface area contributed by atoms with Gasteiger partial charge in [0.1, 0.15) is 17.4 Å². The Kier molecular flexibility index (Phi) is 9.06. The number of carbonyl (C=O) groups is 1. The van der Waals surface area contributed by atoms with Crippen LogP contribution in [-0.4, -0.2) is 47.9 Å². The lowest BCUT2D eigenvalue weighted by Crippen LogP contribution is -2.49. The van der Waals surface area contributed by atoms with Crippen molar-refractivity contribution in [2.75, 3.05) is 37.5 Å². The summed E-state index contributed by atoms with van der Waals surface area (Å²) in [4.78, 5) is 29.8. The number of nitrogens with zero attached hydrogens (tertiary/aromatic N) is 4. The van der Waals surface area contributed by atoms with E-state index in [9.17, 15) is 19.2 Å².